The second kappa shape index (κ2) is 8.05. The van der Waals surface area contributed by atoms with Crippen molar-refractivity contribution in [1.29, 1.82) is 0 Å². The molecular weight excluding hydrogens is 533 g/mol. The van der Waals surface area contributed by atoms with Gasteiger partial charge in [0.15, 0.2) is 0 Å². The molecule has 1 atom stereocenters. The first-order valence-corrected chi connectivity index (χ1v) is 9.19. The van der Waals surface area contributed by atoms with Crippen molar-refractivity contribution >= 4 is 59.8 Å². The zero-order valence-corrected chi connectivity index (χ0v) is 17.1. The third-order valence-corrected chi connectivity index (χ3v) is 4.87. The Hall–Kier alpha value is -1.12. The number of allylic oxidation sites excluding steroid dienone is 1. The summed E-state index contributed by atoms with van der Waals surface area (Å²) in [5, 5.41) is 8.98. The summed E-state index contributed by atoms with van der Waals surface area (Å²) in [6.07, 6.45) is -2.09. The lowest BCUT2D eigenvalue weighted by Gasteiger charge is -2.18. The van der Waals surface area contributed by atoms with E-state index in [0.29, 0.717) is 19.0 Å². The normalized spacial score (nSPS) is 13.2. The number of carboxylic acids is 1. The highest BCUT2D eigenvalue weighted by Gasteiger charge is 2.39. The molecule has 0 radical (unpaired) electrons. The predicted molar refractivity (Wildman–Crippen MR) is 101 cm³/mol. The van der Waals surface area contributed by atoms with Crippen molar-refractivity contribution in [2.75, 3.05) is 0 Å². The second-order valence-electron chi connectivity index (χ2n) is 5.13. The number of halogens is 6. The topological polar surface area (TPSA) is 37.3 Å². The van der Waals surface area contributed by atoms with Gasteiger partial charge in [0.1, 0.15) is 0 Å². The van der Waals surface area contributed by atoms with E-state index in [-0.39, 0.29) is 11.1 Å². The summed E-state index contributed by atoms with van der Waals surface area (Å²) in [7, 11) is 0. The van der Waals surface area contributed by atoms with Crippen LogP contribution in [0.25, 0.3) is 6.08 Å². The molecule has 2 rings (SSSR count). The van der Waals surface area contributed by atoms with Gasteiger partial charge in [-0.2, -0.15) is 13.2 Å². The molecule has 0 aliphatic heterocycles. The van der Waals surface area contributed by atoms with Crippen molar-refractivity contribution in [2.45, 2.75) is 12.1 Å². The maximum Gasteiger partial charge on any atom is 0.399 e. The van der Waals surface area contributed by atoms with Gasteiger partial charge in [0.2, 0.25) is 0 Å². The molecule has 2 aromatic rings. The Balaban J connectivity index is 2.39. The summed E-state index contributed by atoms with van der Waals surface area (Å²) in [5.74, 6) is -2.91. The molecule has 132 valence electrons. The van der Waals surface area contributed by atoms with E-state index in [1.165, 1.54) is 36.4 Å². The number of aromatic carboxylic acids is 1. The molecule has 0 heterocycles. The van der Waals surface area contributed by atoms with Crippen LogP contribution < -0.4 is 0 Å². The fraction of sp³-hybridized carbons (Fsp3) is 0.118. The quantitative estimate of drug-likeness (QED) is 0.450. The Bertz CT molecular complexity index is 812. The smallest absolute Gasteiger partial charge is 0.399 e. The van der Waals surface area contributed by atoms with Crippen LogP contribution >= 0.6 is 47.8 Å². The average Bonchev–Trinajstić information content (AvgIpc) is 2.44. The van der Waals surface area contributed by atoms with E-state index >= 15 is 0 Å². The van der Waals surface area contributed by atoms with Crippen LogP contribution in [0.4, 0.5) is 13.2 Å². The van der Waals surface area contributed by atoms with Crippen LogP contribution in [-0.4, -0.2) is 17.3 Å². The van der Waals surface area contributed by atoms with E-state index in [1.807, 2.05) is 0 Å². The Kier molecular flexibility index (Phi) is 6.51. The molecule has 0 aliphatic rings. The molecule has 0 aliphatic carbocycles. The SMILES string of the molecule is O=C(O)c1ccc(C=CC(c2cc(Br)cc(Br)c2)C(F)(F)F)cc1Br. The molecule has 0 aromatic heterocycles. The van der Waals surface area contributed by atoms with Crippen molar-refractivity contribution in [3.8, 4) is 0 Å². The van der Waals surface area contributed by atoms with Crippen molar-refractivity contribution in [2.24, 2.45) is 0 Å². The summed E-state index contributed by atoms with van der Waals surface area (Å²) in [6, 6.07) is 8.74. The lowest BCUT2D eigenvalue weighted by atomic mass is 9.97. The van der Waals surface area contributed by atoms with Gasteiger partial charge in [-0.1, -0.05) is 50.1 Å². The number of carboxylic acid groups (broad SMARTS) is 1. The van der Waals surface area contributed by atoms with Crippen LogP contribution in [0.1, 0.15) is 27.4 Å². The van der Waals surface area contributed by atoms with Gasteiger partial charge in [0, 0.05) is 13.4 Å². The number of hydrogen-bond acceptors (Lipinski definition) is 1. The minimum atomic E-state index is -4.46. The zero-order valence-electron chi connectivity index (χ0n) is 12.3. The van der Waals surface area contributed by atoms with Gasteiger partial charge in [-0.3, -0.25) is 0 Å². The van der Waals surface area contributed by atoms with E-state index in [1.54, 1.807) is 6.07 Å². The highest BCUT2D eigenvalue weighted by Crippen LogP contribution is 2.38. The number of carbonyl (C=O) groups is 1. The molecule has 2 nitrogen and oxygen atoms in total. The minimum absolute atomic E-state index is 0.0421. The van der Waals surface area contributed by atoms with Crippen LogP contribution in [-0.2, 0) is 0 Å². The van der Waals surface area contributed by atoms with Crippen LogP contribution in [0.5, 0.6) is 0 Å². The molecule has 0 saturated carbocycles. The molecule has 1 N–H and O–H groups in total. The Morgan fingerprint density at radius 2 is 1.64 bits per heavy atom. The van der Waals surface area contributed by atoms with Gasteiger partial charge in [-0.25, -0.2) is 4.79 Å². The Morgan fingerprint density at radius 3 is 2.12 bits per heavy atom. The first kappa shape index (κ1) is 20.2. The zero-order chi connectivity index (χ0) is 18.8. The van der Waals surface area contributed by atoms with Crippen LogP contribution in [0.2, 0.25) is 0 Å². The lowest BCUT2D eigenvalue weighted by Crippen LogP contribution is -2.18. The van der Waals surface area contributed by atoms with Gasteiger partial charge >= 0.3 is 12.1 Å². The number of hydrogen-bond donors (Lipinski definition) is 1. The van der Waals surface area contributed by atoms with Crippen LogP contribution in [0.3, 0.4) is 0 Å². The summed E-state index contributed by atoms with van der Waals surface area (Å²) in [4.78, 5) is 11.0. The van der Waals surface area contributed by atoms with Crippen molar-refractivity contribution in [3.63, 3.8) is 0 Å². The maximum atomic E-state index is 13.5. The molecule has 0 fully saturated rings. The first-order valence-electron chi connectivity index (χ1n) is 6.81. The largest absolute Gasteiger partial charge is 0.478 e. The van der Waals surface area contributed by atoms with Crippen molar-refractivity contribution in [3.05, 3.63) is 72.6 Å². The van der Waals surface area contributed by atoms with Gasteiger partial charge in [-0.05, 0) is 57.4 Å². The van der Waals surface area contributed by atoms with Gasteiger partial charge in [0.25, 0.3) is 0 Å². The van der Waals surface area contributed by atoms with Gasteiger partial charge < -0.3 is 5.11 Å². The lowest BCUT2D eigenvalue weighted by molar-refractivity contribution is -0.139. The summed E-state index contributed by atoms with van der Waals surface area (Å²) in [6.45, 7) is 0. The minimum Gasteiger partial charge on any atom is -0.478 e. The molecular formula is C17H10Br3F3O2. The van der Waals surface area contributed by atoms with E-state index in [0.717, 1.165) is 6.08 Å². The number of rotatable bonds is 4. The molecule has 0 amide bonds. The molecule has 0 spiro atoms. The summed E-state index contributed by atoms with van der Waals surface area (Å²) in [5.41, 5.74) is 0.590. The Morgan fingerprint density at radius 1 is 1.04 bits per heavy atom. The fourth-order valence-electron chi connectivity index (χ4n) is 2.18. The van der Waals surface area contributed by atoms with E-state index < -0.39 is 18.1 Å². The molecule has 0 bridgehead atoms. The highest BCUT2D eigenvalue weighted by atomic mass is 79.9. The van der Waals surface area contributed by atoms with E-state index in [9.17, 15) is 18.0 Å². The molecule has 25 heavy (non-hydrogen) atoms. The number of alkyl halides is 3. The third-order valence-electron chi connectivity index (χ3n) is 3.30. The number of benzene rings is 2. The maximum absolute atomic E-state index is 13.5. The first-order chi connectivity index (χ1) is 11.6. The molecule has 0 saturated heterocycles. The molecule has 8 heteroatoms. The van der Waals surface area contributed by atoms with E-state index in [2.05, 4.69) is 47.8 Å². The van der Waals surface area contributed by atoms with Crippen LogP contribution in [0, 0.1) is 0 Å². The van der Waals surface area contributed by atoms with Crippen molar-refractivity contribution < 1.29 is 23.1 Å². The van der Waals surface area contributed by atoms with Gasteiger partial charge in [0.05, 0.1) is 11.5 Å². The molecule has 2 aromatic carbocycles. The van der Waals surface area contributed by atoms with Gasteiger partial charge in [-0.15, -0.1) is 0 Å². The summed E-state index contributed by atoms with van der Waals surface area (Å²) < 4.78 is 41.7. The highest BCUT2D eigenvalue weighted by molar-refractivity contribution is 9.11. The standard InChI is InChI=1S/C17H10Br3F3O2/c18-11-6-10(7-12(19)8-11)14(17(21,22)23)4-2-9-1-3-13(16(24)25)15(20)5-9/h1-8,14H,(H,24,25). The Labute approximate surface area is 167 Å². The second-order valence-corrected chi connectivity index (χ2v) is 7.81. The predicted octanol–water partition coefficient (Wildman–Crippen LogP) is 7.03. The van der Waals surface area contributed by atoms with Crippen molar-refractivity contribution in [1.82, 2.24) is 0 Å². The third kappa shape index (κ3) is 5.43. The average molecular weight is 543 g/mol. The van der Waals surface area contributed by atoms with Crippen LogP contribution in [0.15, 0.2) is 55.9 Å². The molecule has 1 unspecified atom stereocenters. The monoisotopic (exact) mass is 540 g/mol. The fourth-order valence-corrected chi connectivity index (χ4v) is 4.07. The van der Waals surface area contributed by atoms with E-state index in [4.69, 9.17) is 5.11 Å². The summed E-state index contributed by atoms with van der Waals surface area (Å²) >= 11 is 9.49.